The van der Waals surface area contributed by atoms with Gasteiger partial charge in [-0.3, -0.25) is 14.5 Å². The van der Waals surface area contributed by atoms with Gasteiger partial charge in [0.15, 0.2) is 0 Å². The van der Waals surface area contributed by atoms with Crippen molar-refractivity contribution in [2.45, 2.75) is 45.2 Å². The van der Waals surface area contributed by atoms with Crippen LogP contribution in [-0.2, 0) is 6.54 Å². The molecule has 4 rings (SSSR count). The van der Waals surface area contributed by atoms with Crippen molar-refractivity contribution in [3.8, 4) is 0 Å². The minimum Gasteiger partial charge on any atom is -0.331 e. The molecule has 138 valence electrons. The van der Waals surface area contributed by atoms with Crippen molar-refractivity contribution in [2.24, 2.45) is 0 Å². The largest absolute Gasteiger partial charge is 0.331 e. The molecule has 0 saturated carbocycles. The fourth-order valence-electron chi connectivity index (χ4n) is 4.05. The van der Waals surface area contributed by atoms with E-state index in [2.05, 4.69) is 19.7 Å². The Morgan fingerprint density at radius 3 is 2.81 bits per heavy atom. The van der Waals surface area contributed by atoms with Gasteiger partial charge in [0.1, 0.15) is 0 Å². The highest BCUT2D eigenvalue weighted by atomic mass is 16.2. The van der Waals surface area contributed by atoms with Gasteiger partial charge in [0, 0.05) is 31.2 Å². The molecule has 26 heavy (non-hydrogen) atoms. The molecule has 1 fully saturated rings. The third kappa shape index (κ3) is 3.65. The summed E-state index contributed by atoms with van der Waals surface area (Å²) in [6.45, 7) is 6.76. The molecule has 0 bridgehead atoms. The van der Waals surface area contributed by atoms with E-state index in [0.29, 0.717) is 12.1 Å². The summed E-state index contributed by atoms with van der Waals surface area (Å²) < 4.78 is 2.13. The van der Waals surface area contributed by atoms with Crippen molar-refractivity contribution in [1.29, 1.82) is 0 Å². The number of fused-ring (bicyclic) bond motifs is 1. The number of pyridine rings is 1. The number of carbonyl (C=O) groups is 1. The summed E-state index contributed by atoms with van der Waals surface area (Å²) in [4.78, 5) is 21.7. The highest BCUT2D eigenvalue weighted by Gasteiger charge is 2.29. The lowest BCUT2D eigenvalue weighted by Gasteiger charge is -2.35. The van der Waals surface area contributed by atoms with Crippen LogP contribution in [0.3, 0.4) is 0 Å². The average Bonchev–Trinajstić information content (AvgIpc) is 3.16. The summed E-state index contributed by atoms with van der Waals surface area (Å²) in [5.41, 5.74) is 2.71. The van der Waals surface area contributed by atoms with Gasteiger partial charge >= 0.3 is 0 Å². The summed E-state index contributed by atoms with van der Waals surface area (Å²) in [7, 11) is 0. The number of hydrogen-bond donors (Lipinski definition) is 0. The molecule has 0 aromatic carbocycles. The Morgan fingerprint density at radius 1 is 1.19 bits per heavy atom. The first kappa shape index (κ1) is 17.2. The minimum absolute atomic E-state index is 0.0629. The van der Waals surface area contributed by atoms with E-state index in [1.165, 1.54) is 32.4 Å². The lowest BCUT2D eigenvalue weighted by molar-refractivity contribution is 0.0654. The lowest BCUT2D eigenvalue weighted by Crippen LogP contribution is -2.42. The number of rotatable bonds is 4. The predicted molar refractivity (Wildman–Crippen MR) is 99.9 cm³/mol. The van der Waals surface area contributed by atoms with Crippen LogP contribution in [-0.4, -0.2) is 56.7 Å². The molecule has 1 saturated heterocycles. The Labute approximate surface area is 154 Å². The molecule has 4 heterocycles. The zero-order chi connectivity index (χ0) is 17.9. The molecule has 0 radical (unpaired) electrons. The molecule has 0 N–H and O–H groups in total. The van der Waals surface area contributed by atoms with Gasteiger partial charge in [-0.15, -0.1) is 0 Å². The summed E-state index contributed by atoms with van der Waals surface area (Å²) in [5.74, 6) is 0.0629. The second kappa shape index (κ2) is 7.58. The lowest BCUT2D eigenvalue weighted by atomic mass is 10.1. The number of aromatic nitrogens is 3. The van der Waals surface area contributed by atoms with Gasteiger partial charge in [-0.05, 0) is 57.5 Å². The van der Waals surface area contributed by atoms with E-state index >= 15 is 0 Å². The van der Waals surface area contributed by atoms with Gasteiger partial charge in [0.05, 0.1) is 23.8 Å². The molecule has 1 amide bonds. The normalized spacial score (nSPS) is 20.8. The third-order valence-electron chi connectivity index (χ3n) is 5.55. The summed E-state index contributed by atoms with van der Waals surface area (Å²) in [6, 6.07) is 6.05. The van der Waals surface area contributed by atoms with Crippen LogP contribution in [0.15, 0.2) is 30.6 Å². The maximum Gasteiger partial charge on any atom is 0.255 e. The van der Waals surface area contributed by atoms with Crippen LogP contribution in [0.4, 0.5) is 0 Å². The Bertz CT molecular complexity index is 748. The topological polar surface area (TPSA) is 54.3 Å². The Kier molecular flexibility index (Phi) is 5.02. The molecule has 0 unspecified atom stereocenters. The molecule has 0 spiro atoms. The number of carbonyl (C=O) groups excluding carboxylic acids is 1. The van der Waals surface area contributed by atoms with Crippen LogP contribution in [0.5, 0.6) is 0 Å². The van der Waals surface area contributed by atoms with Crippen molar-refractivity contribution in [3.05, 3.63) is 47.5 Å². The van der Waals surface area contributed by atoms with Crippen LogP contribution in [0.25, 0.3) is 0 Å². The van der Waals surface area contributed by atoms with Crippen molar-refractivity contribution in [1.82, 2.24) is 24.6 Å². The van der Waals surface area contributed by atoms with Crippen LogP contribution in [0.2, 0.25) is 0 Å². The first-order valence-corrected chi connectivity index (χ1v) is 9.67. The Hall–Kier alpha value is -2.21. The van der Waals surface area contributed by atoms with Gasteiger partial charge in [-0.2, -0.15) is 5.10 Å². The van der Waals surface area contributed by atoms with Crippen molar-refractivity contribution in [2.75, 3.05) is 26.2 Å². The zero-order valence-corrected chi connectivity index (χ0v) is 15.5. The third-order valence-corrected chi connectivity index (χ3v) is 5.55. The number of likely N-dealkylation sites (tertiary alicyclic amines) is 1. The molecule has 2 aromatic rings. The highest BCUT2D eigenvalue weighted by molar-refractivity contribution is 5.94. The van der Waals surface area contributed by atoms with E-state index in [-0.39, 0.29) is 11.9 Å². The standard InChI is InChI=1S/C20H27N5O/c1-16-5-6-17(13-21-16)20(26)24-14-18-7-9-22-25(18)19(15-24)8-12-23-10-3-2-4-11-23/h5-7,9,13,19H,2-4,8,10-12,14-15H2,1H3/t19-/m0/s1. The Balaban J connectivity index is 1.46. The second-order valence-corrected chi connectivity index (χ2v) is 7.49. The van der Waals surface area contributed by atoms with E-state index < -0.39 is 0 Å². The molecular weight excluding hydrogens is 326 g/mol. The fourth-order valence-corrected chi connectivity index (χ4v) is 4.05. The van der Waals surface area contributed by atoms with Crippen molar-refractivity contribution >= 4 is 5.91 Å². The number of nitrogens with zero attached hydrogens (tertiary/aromatic N) is 5. The summed E-state index contributed by atoms with van der Waals surface area (Å²) in [6.07, 6.45) is 8.54. The van der Waals surface area contributed by atoms with Crippen LogP contribution < -0.4 is 0 Å². The van der Waals surface area contributed by atoms with Gasteiger partial charge in [-0.25, -0.2) is 0 Å². The predicted octanol–water partition coefficient (Wildman–Crippen LogP) is 2.66. The van der Waals surface area contributed by atoms with Crippen LogP contribution in [0.1, 0.15) is 53.5 Å². The summed E-state index contributed by atoms with van der Waals surface area (Å²) in [5, 5.41) is 4.53. The molecule has 2 aliphatic rings. The maximum atomic E-state index is 12.9. The Morgan fingerprint density at radius 2 is 2.04 bits per heavy atom. The summed E-state index contributed by atoms with van der Waals surface area (Å²) >= 11 is 0. The fraction of sp³-hybridized carbons (Fsp3) is 0.550. The van der Waals surface area contributed by atoms with E-state index in [4.69, 9.17) is 0 Å². The number of piperidine rings is 1. The molecule has 1 atom stereocenters. The molecule has 6 heteroatoms. The molecular formula is C20H27N5O. The van der Waals surface area contributed by atoms with E-state index in [0.717, 1.165) is 30.9 Å². The van der Waals surface area contributed by atoms with Gasteiger partial charge in [0.2, 0.25) is 0 Å². The molecule has 0 aliphatic carbocycles. The quantitative estimate of drug-likeness (QED) is 0.848. The SMILES string of the molecule is Cc1ccc(C(=O)N2Cc3ccnn3[C@@H](CCN3CCCCC3)C2)cn1. The number of amides is 1. The van der Waals surface area contributed by atoms with Crippen LogP contribution >= 0.6 is 0 Å². The first-order chi connectivity index (χ1) is 12.7. The van der Waals surface area contributed by atoms with Gasteiger partial charge in [0.25, 0.3) is 5.91 Å². The van der Waals surface area contributed by atoms with Crippen molar-refractivity contribution in [3.63, 3.8) is 0 Å². The van der Waals surface area contributed by atoms with E-state index in [1.54, 1.807) is 6.20 Å². The monoisotopic (exact) mass is 353 g/mol. The second-order valence-electron chi connectivity index (χ2n) is 7.49. The number of hydrogen-bond acceptors (Lipinski definition) is 4. The first-order valence-electron chi connectivity index (χ1n) is 9.67. The number of aryl methyl sites for hydroxylation is 1. The van der Waals surface area contributed by atoms with Crippen LogP contribution in [0, 0.1) is 6.92 Å². The smallest absolute Gasteiger partial charge is 0.255 e. The highest BCUT2D eigenvalue weighted by Crippen LogP contribution is 2.25. The molecule has 6 nitrogen and oxygen atoms in total. The molecule has 2 aromatic heterocycles. The van der Waals surface area contributed by atoms with Gasteiger partial charge in [-0.1, -0.05) is 6.42 Å². The van der Waals surface area contributed by atoms with E-state index in [9.17, 15) is 4.79 Å². The molecule has 2 aliphatic heterocycles. The average molecular weight is 353 g/mol. The van der Waals surface area contributed by atoms with E-state index in [1.807, 2.05) is 36.2 Å². The zero-order valence-electron chi connectivity index (χ0n) is 15.5. The van der Waals surface area contributed by atoms with Crippen molar-refractivity contribution < 1.29 is 4.79 Å². The minimum atomic E-state index is 0.0629. The maximum absolute atomic E-state index is 12.9. The van der Waals surface area contributed by atoms with Gasteiger partial charge < -0.3 is 9.80 Å².